The Morgan fingerprint density at radius 3 is 2.41 bits per heavy atom. The van der Waals surface area contributed by atoms with Gasteiger partial charge in [0.1, 0.15) is 0 Å². The number of hydrogen-bond donors (Lipinski definition) is 1. The molecular weight excluding hydrogens is 469 g/mol. The number of ether oxygens (including phenoxy) is 1. The maximum atomic E-state index is 6.57. The average Bonchev–Trinajstić information content (AvgIpc) is 2.67. The van der Waals surface area contributed by atoms with Crippen molar-refractivity contribution in [3.8, 4) is 0 Å². The SMILES string of the molecule is Cc1ccccc1Cc1ccc(Nc2ccccc2COCCI)cc1Cl. The summed E-state index contributed by atoms with van der Waals surface area (Å²) in [6.45, 7) is 3.50. The fourth-order valence-corrected chi connectivity index (χ4v) is 3.50. The first-order valence-electron chi connectivity index (χ1n) is 8.99. The lowest BCUT2D eigenvalue weighted by Gasteiger charge is -2.14. The van der Waals surface area contributed by atoms with Crippen molar-refractivity contribution in [1.82, 2.24) is 0 Å². The molecule has 0 saturated heterocycles. The summed E-state index contributed by atoms with van der Waals surface area (Å²) < 4.78 is 6.69. The molecule has 0 radical (unpaired) electrons. The van der Waals surface area contributed by atoms with Gasteiger partial charge in [-0.05, 0) is 48.2 Å². The molecule has 0 aliphatic carbocycles. The van der Waals surface area contributed by atoms with E-state index in [0.717, 1.165) is 45.0 Å². The Kier molecular flexibility index (Phi) is 7.56. The van der Waals surface area contributed by atoms with Crippen LogP contribution in [0, 0.1) is 6.92 Å². The molecule has 0 spiro atoms. The highest BCUT2D eigenvalue weighted by Crippen LogP contribution is 2.28. The van der Waals surface area contributed by atoms with Gasteiger partial charge in [0.05, 0.1) is 13.2 Å². The van der Waals surface area contributed by atoms with E-state index in [0.29, 0.717) is 6.61 Å². The second-order valence-electron chi connectivity index (χ2n) is 6.43. The molecule has 0 saturated carbocycles. The van der Waals surface area contributed by atoms with Gasteiger partial charge in [-0.25, -0.2) is 0 Å². The van der Waals surface area contributed by atoms with E-state index in [1.165, 1.54) is 11.1 Å². The Morgan fingerprint density at radius 1 is 0.926 bits per heavy atom. The maximum absolute atomic E-state index is 6.57. The van der Waals surface area contributed by atoms with Crippen LogP contribution in [0.2, 0.25) is 5.02 Å². The number of nitrogens with one attached hydrogen (secondary N) is 1. The van der Waals surface area contributed by atoms with Gasteiger partial charge < -0.3 is 10.1 Å². The maximum Gasteiger partial charge on any atom is 0.0737 e. The third-order valence-electron chi connectivity index (χ3n) is 4.47. The van der Waals surface area contributed by atoms with E-state index in [2.05, 4.69) is 83.4 Å². The van der Waals surface area contributed by atoms with Crippen LogP contribution < -0.4 is 5.32 Å². The smallest absolute Gasteiger partial charge is 0.0737 e. The summed E-state index contributed by atoms with van der Waals surface area (Å²) in [7, 11) is 0. The molecule has 3 aromatic rings. The normalized spacial score (nSPS) is 10.8. The highest BCUT2D eigenvalue weighted by molar-refractivity contribution is 14.1. The zero-order chi connectivity index (χ0) is 19.1. The molecule has 1 N–H and O–H groups in total. The molecule has 0 amide bonds. The molecule has 0 aliphatic rings. The van der Waals surface area contributed by atoms with Gasteiger partial charge in [0, 0.05) is 26.4 Å². The van der Waals surface area contributed by atoms with Gasteiger partial charge in [-0.15, -0.1) is 0 Å². The lowest BCUT2D eigenvalue weighted by atomic mass is 10.0. The second-order valence-corrected chi connectivity index (χ2v) is 7.92. The Balaban J connectivity index is 1.74. The number of hydrogen-bond acceptors (Lipinski definition) is 2. The summed E-state index contributed by atoms with van der Waals surface area (Å²) in [6, 6.07) is 22.8. The monoisotopic (exact) mass is 491 g/mol. The van der Waals surface area contributed by atoms with Gasteiger partial charge in [0.15, 0.2) is 0 Å². The van der Waals surface area contributed by atoms with Crippen LogP contribution in [0.5, 0.6) is 0 Å². The van der Waals surface area contributed by atoms with Crippen LogP contribution in [-0.2, 0) is 17.8 Å². The highest BCUT2D eigenvalue weighted by Gasteiger charge is 2.07. The summed E-state index contributed by atoms with van der Waals surface area (Å²) in [5, 5.41) is 4.26. The van der Waals surface area contributed by atoms with Crippen LogP contribution in [0.3, 0.4) is 0 Å². The lowest BCUT2D eigenvalue weighted by Crippen LogP contribution is -2.01. The molecule has 0 aliphatic heterocycles. The second kappa shape index (κ2) is 10.1. The quantitative estimate of drug-likeness (QED) is 0.209. The summed E-state index contributed by atoms with van der Waals surface area (Å²) in [5.74, 6) is 0. The highest BCUT2D eigenvalue weighted by atomic mass is 127. The minimum atomic E-state index is 0.602. The van der Waals surface area contributed by atoms with Crippen molar-refractivity contribution < 1.29 is 4.74 Å². The van der Waals surface area contributed by atoms with Crippen LogP contribution in [0.15, 0.2) is 66.7 Å². The van der Waals surface area contributed by atoms with Crippen molar-refractivity contribution in [1.29, 1.82) is 0 Å². The van der Waals surface area contributed by atoms with Crippen molar-refractivity contribution in [3.63, 3.8) is 0 Å². The Morgan fingerprint density at radius 2 is 1.67 bits per heavy atom. The first kappa shape index (κ1) is 20.2. The third kappa shape index (κ3) is 5.71. The Labute approximate surface area is 180 Å². The van der Waals surface area contributed by atoms with E-state index < -0.39 is 0 Å². The molecule has 0 atom stereocenters. The fraction of sp³-hybridized carbons (Fsp3) is 0.217. The predicted octanol–water partition coefficient (Wildman–Crippen LogP) is 6.93. The number of aryl methyl sites for hydroxylation is 1. The van der Waals surface area contributed by atoms with Crippen LogP contribution in [0.25, 0.3) is 0 Å². The number of halogens is 2. The summed E-state index contributed by atoms with van der Waals surface area (Å²) in [5.41, 5.74) is 6.90. The number of rotatable bonds is 8. The number of alkyl halides is 1. The van der Waals surface area contributed by atoms with Crippen molar-refractivity contribution in [2.45, 2.75) is 20.0 Å². The van der Waals surface area contributed by atoms with E-state index in [1.807, 2.05) is 18.2 Å². The zero-order valence-corrected chi connectivity index (χ0v) is 18.3. The molecule has 3 rings (SSSR count). The molecule has 27 heavy (non-hydrogen) atoms. The molecule has 140 valence electrons. The number of anilines is 2. The largest absolute Gasteiger partial charge is 0.376 e. The molecule has 0 unspecified atom stereocenters. The van der Waals surface area contributed by atoms with E-state index in [9.17, 15) is 0 Å². The number of benzene rings is 3. The van der Waals surface area contributed by atoms with Gasteiger partial charge in [0.25, 0.3) is 0 Å². The lowest BCUT2D eigenvalue weighted by molar-refractivity contribution is 0.138. The minimum Gasteiger partial charge on any atom is -0.376 e. The van der Waals surface area contributed by atoms with Gasteiger partial charge >= 0.3 is 0 Å². The molecule has 0 fully saturated rings. The van der Waals surface area contributed by atoms with Crippen LogP contribution in [0.4, 0.5) is 11.4 Å². The minimum absolute atomic E-state index is 0.602. The van der Waals surface area contributed by atoms with E-state index >= 15 is 0 Å². The standard InChI is InChI=1S/C23H23ClINO/c1-17-6-2-3-7-18(17)14-19-10-11-21(15-22(19)24)26-23-9-5-4-8-20(23)16-27-13-12-25/h2-11,15,26H,12-14,16H2,1H3. The molecule has 2 nitrogen and oxygen atoms in total. The van der Waals surface area contributed by atoms with Crippen LogP contribution >= 0.6 is 34.2 Å². The van der Waals surface area contributed by atoms with Crippen LogP contribution in [-0.4, -0.2) is 11.0 Å². The third-order valence-corrected chi connectivity index (χ3v) is 5.26. The average molecular weight is 492 g/mol. The Bertz CT molecular complexity index is 897. The fourth-order valence-electron chi connectivity index (χ4n) is 2.94. The molecule has 0 heterocycles. The van der Waals surface area contributed by atoms with Gasteiger partial charge in [-0.2, -0.15) is 0 Å². The molecule has 0 aromatic heterocycles. The van der Waals surface area contributed by atoms with Crippen molar-refractivity contribution in [3.05, 3.63) is 94.0 Å². The molecule has 4 heteroatoms. The van der Waals surface area contributed by atoms with Gasteiger partial charge in [-0.1, -0.05) is 82.7 Å². The predicted molar refractivity (Wildman–Crippen MR) is 124 cm³/mol. The zero-order valence-electron chi connectivity index (χ0n) is 15.3. The summed E-state index contributed by atoms with van der Waals surface area (Å²) in [4.78, 5) is 0. The van der Waals surface area contributed by atoms with E-state index in [1.54, 1.807) is 0 Å². The van der Waals surface area contributed by atoms with Crippen LogP contribution in [0.1, 0.15) is 22.3 Å². The Hall–Kier alpha value is -1.56. The van der Waals surface area contributed by atoms with Crippen molar-refractivity contribution in [2.75, 3.05) is 16.4 Å². The topological polar surface area (TPSA) is 21.3 Å². The molecule has 3 aromatic carbocycles. The number of para-hydroxylation sites is 1. The summed E-state index contributed by atoms with van der Waals surface area (Å²) >= 11 is 8.89. The van der Waals surface area contributed by atoms with E-state index in [4.69, 9.17) is 16.3 Å². The molecule has 0 bridgehead atoms. The van der Waals surface area contributed by atoms with Crippen molar-refractivity contribution in [2.24, 2.45) is 0 Å². The molecular formula is C23H23ClINO. The van der Waals surface area contributed by atoms with Gasteiger partial charge in [-0.3, -0.25) is 0 Å². The van der Waals surface area contributed by atoms with Crippen molar-refractivity contribution >= 4 is 45.6 Å². The van der Waals surface area contributed by atoms with E-state index in [-0.39, 0.29) is 0 Å². The van der Waals surface area contributed by atoms with Gasteiger partial charge in [0.2, 0.25) is 0 Å². The first-order chi connectivity index (χ1) is 13.2. The summed E-state index contributed by atoms with van der Waals surface area (Å²) in [6.07, 6.45) is 0.840. The first-order valence-corrected chi connectivity index (χ1v) is 10.9.